The summed E-state index contributed by atoms with van der Waals surface area (Å²) >= 11 is 0. The van der Waals surface area contributed by atoms with E-state index < -0.39 is 6.09 Å². The second-order valence-corrected chi connectivity index (χ2v) is 6.72. The fourth-order valence-corrected chi connectivity index (χ4v) is 3.19. The Balaban J connectivity index is 1.34. The van der Waals surface area contributed by atoms with Crippen molar-refractivity contribution in [2.75, 3.05) is 32.1 Å². The first-order valence-corrected chi connectivity index (χ1v) is 9.39. The molecule has 0 saturated carbocycles. The zero-order valence-corrected chi connectivity index (χ0v) is 16.0. The summed E-state index contributed by atoms with van der Waals surface area (Å²) in [5.74, 6) is 0. The molecule has 2 aromatic carbocycles. The third kappa shape index (κ3) is 5.72. The number of rotatable bonds is 6. The minimum atomic E-state index is -0.512. The second kappa shape index (κ2) is 9.75. The van der Waals surface area contributed by atoms with E-state index >= 15 is 0 Å². The highest BCUT2D eigenvalue weighted by Crippen LogP contribution is 2.17. The van der Waals surface area contributed by atoms with Gasteiger partial charge in [-0.25, -0.2) is 9.59 Å². The van der Waals surface area contributed by atoms with Crippen molar-refractivity contribution in [3.63, 3.8) is 0 Å². The van der Waals surface area contributed by atoms with Crippen molar-refractivity contribution in [3.05, 3.63) is 65.2 Å². The number of methoxy groups -OCH3 is 1. The first-order chi connectivity index (χ1) is 13.6. The maximum atomic E-state index is 12.0. The van der Waals surface area contributed by atoms with Crippen LogP contribution in [0.3, 0.4) is 0 Å². The molecule has 7 nitrogen and oxygen atoms in total. The van der Waals surface area contributed by atoms with Crippen LogP contribution in [-0.4, -0.2) is 43.8 Å². The molecule has 3 rings (SSSR count). The van der Waals surface area contributed by atoms with Crippen LogP contribution in [0.1, 0.15) is 16.7 Å². The highest BCUT2D eigenvalue weighted by atomic mass is 16.5. The van der Waals surface area contributed by atoms with Crippen LogP contribution in [0.4, 0.5) is 15.3 Å². The molecule has 1 aliphatic rings. The molecule has 0 spiro atoms. The lowest BCUT2D eigenvalue weighted by Gasteiger charge is -2.28. The number of fused-ring (bicyclic) bond motifs is 1. The maximum Gasteiger partial charge on any atom is 0.411 e. The summed E-state index contributed by atoms with van der Waals surface area (Å²) in [6.07, 6.45) is 0.547. The van der Waals surface area contributed by atoms with Gasteiger partial charge in [0.1, 0.15) is 0 Å². The van der Waals surface area contributed by atoms with Gasteiger partial charge in [0.05, 0.1) is 7.11 Å². The normalized spacial score (nSPS) is 13.3. The third-order valence-corrected chi connectivity index (χ3v) is 4.76. The van der Waals surface area contributed by atoms with E-state index in [1.807, 2.05) is 12.1 Å². The standard InChI is InChI=1S/C21H26N4O3/c1-28-21(27)24-19-8-6-16(7-9-19)14-23-20(26)22-11-13-25-12-10-17-4-2-3-5-18(17)15-25/h2-9H,10-15H2,1H3,(H,24,27)(H2,22,23,26). The third-order valence-electron chi connectivity index (χ3n) is 4.76. The fraction of sp³-hybridized carbons (Fsp3) is 0.333. The number of amides is 3. The van der Waals surface area contributed by atoms with E-state index in [9.17, 15) is 9.59 Å². The highest BCUT2D eigenvalue weighted by molar-refractivity contribution is 5.84. The molecule has 0 atom stereocenters. The zero-order chi connectivity index (χ0) is 19.8. The Morgan fingerprint density at radius 3 is 2.54 bits per heavy atom. The summed E-state index contributed by atoms with van der Waals surface area (Å²) in [4.78, 5) is 25.5. The largest absolute Gasteiger partial charge is 0.453 e. The summed E-state index contributed by atoms with van der Waals surface area (Å²) in [5.41, 5.74) is 4.39. The van der Waals surface area contributed by atoms with E-state index in [1.165, 1.54) is 18.2 Å². The Morgan fingerprint density at radius 1 is 1.04 bits per heavy atom. The molecule has 3 amide bonds. The number of carbonyl (C=O) groups is 2. The monoisotopic (exact) mass is 382 g/mol. The van der Waals surface area contributed by atoms with Gasteiger partial charge in [-0.3, -0.25) is 10.2 Å². The molecule has 0 aromatic heterocycles. The van der Waals surface area contributed by atoms with Crippen molar-refractivity contribution >= 4 is 17.8 Å². The smallest absolute Gasteiger partial charge is 0.411 e. The van der Waals surface area contributed by atoms with Gasteiger partial charge in [0.15, 0.2) is 0 Å². The van der Waals surface area contributed by atoms with Crippen LogP contribution in [-0.2, 0) is 24.2 Å². The molecule has 28 heavy (non-hydrogen) atoms. The van der Waals surface area contributed by atoms with Crippen molar-refractivity contribution in [2.45, 2.75) is 19.5 Å². The lowest BCUT2D eigenvalue weighted by molar-refractivity contribution is 0.187. The Hall–Kier alpha value is -3.06. The number of nitrogens with zero attached hydrogens (tertiary/aromatic N) is 1. The van der Waals surface area contributed by atoms with Crippen LogP contribution in [0.2, 0.25) is 0 Å². The minimum Gasteiger partial charge on any atom is -0.453 e. The summed E-state index contributed by atoms with van der Waals surface area (Å²) < 4.78 is 4.54. The second-order valence-electron chi connectivity index (χ2n) is 6.72. The molecule has 0 fully saturated rings. The molecule has 2 aromatic rings. The van der Waals surface area contributed by atoms with Crippen molar-refractivity contribution in [2.24, 2.45) is 0 Å². The predicted octanol–water partition coefficient (Wildman–Crippen LogP) is 2.72. The van der Waals surface area contributed by atoms with Crippen LogP contribution in [0.15, 0.2) is 48.5 Å². The van der Waals surface area contributed by atoms with Crippen molar-refractivity contribution in [3.8, 4) is 0 Å². The van der Waals surface area contributed by atoms with Gasteiger partial charge in [-0.1, -0.05) is 36.4 Å². The molecule has 1 aliphatic heterocycles. The molecule has 7 heteroatoms. The average Bonchev–Trinajstić information content (AvgIpc) is 2.73. The quantitative estimate of drug-likeness (QED) is 0.717. The van der Waals surface area contributed by atoms with Crippen LogP contribution in [0.5, 0.6) is 0 Å². The van der Waals surface area contributed by atoms with Crippen molar-refractivity contribution in [1.29, 1.82) is 0 Å². The average molecular weight is 382 g/mol. The summed E-state index contributed by atoms with van der Waals surface area (Å²) in [7, 11) is 1.32. The van der Waals surface area contributed by atoms with Crippen LogP contribution >= 0.6 is 0 Å². The van der Waals surface area contributed by atoms with Crippen LogP contribution in [0.25, 0.3) is 0 Å². The van der Waals surface area contributed by atoms with Crippen molar-refractivity contribution in [1.82, 2.24) is 15.5 Å². The first-order valence-electron chi connectivity index (χ1n) is 9.39. The number of anilines is 1. The van der Waals surface area contributed by atoms with Crippen LogP contribution in [0, 0.1) is 0 Å². The Labute approximate surface area is 165 Å². The van der Waals surface area contributed by atoms with E-state index in [2.05, 4.69) is 49.9 Å². The number of carbonyl (C=O) groups excluding carboxylic acids is 2. The molecule has 148 valence electrons. The molecule has 3 N–H and O–H groups in total. The summed E-state index contributed by atoms with van der Waals surface area (Å²) in [5, 5.41) is 8.33. The molecule has 0 radical (unpaired) electrons. The summed E-state index contributed by atoms with van der Waals surface area (Å²) in [6.45, 7) is 3.81. The van der Waals surface area contributed by atoms with Gasteiger partial charge in [0, 0.05) is 38.4 Å². The molecule has 1 heterocycles. The van der Waals surface area contributed by atoms with Gasteiger partial charge in [-0.05, 0) is 35.2 Å². The topological polar surface area (TPSA) is 82.7 Å². The minimum absolute atomic E-state index is 0.186. The number of hydrogen-bond acceptors (Lipinski definition) is 4. The Bertz CT molecular complexity index is 808. The van der Waals surface area contributed by atoms with Gasteiger partial charge in [0.25, 0.3) is 0 Å². The van der Waals surface area contributed by atoms with Gasteiger partial charge in [-0.15, -0.1) is 0 Å². The fourth-order valence-electron chi connectivity index (χ4n) is 3.19. The number of ether oxygens (including phenoxy) is 1. The molecular weight excluding hydrogens is 356 g/mol. The van der Waals surface area contributed by atoms with E-state index in [0.717, 1.165) is 31.6 Å². The first kappa shape index (κ1) is 19.7. The molecule has 0 aliphatic carbocycles. The lowest BCUT2D eigenvalue weighted by Crippen LogP contribution is -2.41. The van der Waals surface area contributed by atoms with Crippen LogP contribution < -0.4 is 16.0 Å². The van der Waals surface area contributed by atoms with Gasteiger partial charge >= 0.3 is 12.1 Å². The van der Waals surface area contributed by atoms with E-state index in [-0.39, 0.29) is 6.03 Å². The molecule has 0 saturated heterocycles. The predicted molar refractivity (Wildman–Crippen MR) is 108 cm³/mol. The Morgan fingerprint density at radius 2 is 1.79 bits per heavy atom. The maximum absolute atomic E-state index is 12.0. The van der Waals surface area contributed by atoms with E-state index in [4.69, 9.17) is 0 Å². The molecule has 0 bridgehead atoms. The van der Waals surface area contributed by atoms with Gasteiger partial charge in [0.2, 0.25) is 0 Å². The SMILES string of the molecule is COC(=O)Nc1ccc(CNC(=O)NCCN2CCc3ccccc3C2)cc1. The van der Waals surface area contributed by atoms with Crippen molar-refractivity contribution < 1.29 is 14.3 Å². The highest BCUT2D eigenvalue weighted by Gasteiger charge is 2.15. The van der Waals surface area contributed by atoms with E-state index in [0.29, 0.717) is 18.8 Å². The lowest BCUT2D eigenvalue weighted by atomic mass is 10.00. The Kier molecular flexibility index (Phi) is 6.86. The van der Waals surface area contributed by atoms with E-state index in [1.54, 1.807) is 12.1 Å². The van der Waals surface area contributed by atoms with Gasteiger partial charge in [-0.2, -0.15) is 0 Å². The summed E-state index contributed by atoms with van der Waals surface area (Å²) in [6, 6.07) is 15.6. The number of urea groups is 1. The zero-order valence-electron chi connectivity index (χ0n) is 16.0. The number of benzene rings is 2. The number of nitrogens with one attached hydrogen (secondary N) is 3. The van der Waals surface area contributed by atoms with Gasteiger partial charge < -0.3 is 15.4 Å². The molecule has 0 unspecified atom stereocenters. The molecular formula is C21H26N4O3. The number of hydrogen-bond donors (Lipinski definition) is 3.